The second kappa shape index (κ2) is 8.92. The molecular weight excluding hydrogens is 362 g/mol. The van der Waals surface area contributed by atoms with Crippen LogP contribution in [0.15, 0.2) is 30.3 Å². The minimum atomic E-state index is -4.67. The predicted molar refractivity (Wildman–Crippen MR) is 94.1 cm³/mol. The fourth-order valence-corrected chi connectivity index (χ4v) is 3.71. The number of hydrogen-bond acceptors (Lipinski definition) is 6. The van der Waals surface area contributed by atoms with Gasteiger partial charge < -0.3 is 14.7 Å². The average Bonchev–Trinajstić information content (AvgIpc) is 2.77. The Hall–Kier alpha value is -1.52. The molecule has 0 aromatic heterocycles. The van der Waals surface area contributed by atoms with Crippen LogP contribution in [-0.2, 0) is 19.9 Å². The van der Waals surface area contributed by atoms with Crippen LogP contribution < -0.4 is 0 Å². The van der Waals surface area contributed by atoms with Gasteiger partial charge in [0.15, 0.2) is 0 Å². The number of rotatable bonds is 4. The highest BCUT2D eigenvalue weighted by molar-refractivity contribution is 7.79. The fourth-order valence-electron chi connectivity index (χ4n) is 3.71. The van der Waals surface area contributed by atoms with Crippen LogP contribution >= 0.6 is 0 Å². The van der Waals surface area contributed by atoms with Gasteiger partial charge in [0.25, 0.3) is 0 Å². The maximum absolute atomic E-state index is 12.4. The molecule has 2 aliphatic heterocycles. The Morgan fingerprint density at radius 3 is 2.15 bits per heavy atom. The lowest BCUT2D eigenvalue weighted by molar-refractivity contribution is -0.155. The van der Waals surface area contributed by atoms with Gasteiger partial charge in [-0.3, -0.25) is 13.9 Å². The summed E-state index contributed by atoms with van der Waals surface area (Å²) in [6.45, 7) is -0.206. The molecule has 2 fully saturated rings. The van der Waals surface area contributed by atoms with E-state index in [4.69, 9.17) is 22.3 Å². The molecule has 1 aromatic rings. The van der Waals surface area contributed by atoms with E-state index in [1.165, 1.54) is 12.8 Å². The van der Waals surface area contributed by atoms with Gasteiger partial charge in [0.1, 0.15) is 12.0 Å². The SMILES string of the molecule is CN1[C@@H]2CC[C@H]1CC(OC(=O)[C@H](CO)c1ccccc1)C2.O=S(=O)(O)O. The van der Waals surface area contributed by atoms with Gasteiger partial charge in [-0.15, -0.1) is 0 Å². The Labute approximate surface area is 153 Å². The minimum Gasteiger partial charge on any atom is -0.462 e. The predicted octanol–water partition coefficient (Wildman–Crippen LogP) is 1.28. The van der Waals surface area contributed by atoms with Gasteiger partial charge in [0, 0.05) is 12.1 Å². The van der Waals surface area contributed by atoms with Gasteiger partial charge in [-0.2, -0.15) is 8.42 Å². The lowest BCUT2D eigenvalue weighted by Crippen LogP contribution is -2.43. The average molecular weight is 387 g/mol. The molecule has 2 heterocycles. The molecule has 26 heavy (non-hydrogen) atoms. The van der Waals surface area contributed by atoms with Crippen molar-refractivity contribution in [3.63, 3.8) is 0 Å². The molecule has 0 radical (unpaired) electrons. The van der Waals surface area contributed by atoms with Gasteiger partial charge in [-0.05, 0) is 38.3 Å². The van der Waals surface area contributed by atoms with E-state index in [2.05, 4.69) is 11.9 Å². The van der Waals surface area contributed by atoms with Crippen molar-refractivity contribution in [2.75, 3.05) is 13.7 Å². The van der Waals surface area contributed by atoms with Crippen molar-refractivity contribution in [3.05, 3.63) is 35.9 Å². The van der Waals surface area contributed by atoms with Crippen LogP contribution in [0.4, 0.5) is 0 Å². The summed E-state index contributed by atoms with van der Waals surface area (Å²) in [5.74, 6) is -0.860. The molecule has 3 rings (SSSR count). The Morgan fingerprint density at radius 1 is 1.19 bits per heavy atom. The van der Waals surface area contributed by atoms with E-state index >= 15 is 0 Å². The third-order valence-electron chi connectivity index (χ3n) is 5.01. The third-order valence-corrected chi connectivity index (χ3v) is 5.01. The fraction of sp³-hybridized carbons (Fsp3) is 0.588. The van der Waals surface area contributed by atoms with Gasteiger partial charge in [-0.25, -0.2) is 0 Å². The van der Waals surface area contributed by atoms with E-state index < -0.39 is 16.3 Å². The van der Waals surface area contributed by atoms with Crippen molar-refractivity contribution < 1.29 is 32.2 Å². The molecule has 0 amide bonds. The first-order valence-corrected chi connectivity index (χ1v) is 9.87. The topological polar surface area (TPSA) is 124 Å². The lowest BCUT2D eigenvalue weighted by Gasteiger charge is -2.36. The molecule has 8 nitrogen and oxygen atoms in total. The molecule has 2 saturated heterocycles. The third kappa shape index (κ3) is 6.03. The van der Waals surface area contributed by atoms with Crippen LogP contribution in [0.25, 0.3) is 0 Å². The first kappa shape index (κ1) is 20.8. The maximum Gasteiger partial charge on any atom is 0.394 e. The van der Waals surface area contributed by atoms with E-state index in [1.807, 2.05) is 30.3 Å². The minimum absolute atomic E-state index is 0.00367. The molecule has 2 bridgehead atoms. The van der Waals surface area contributed by atoms with Gasteiger partial charge >= 0.3 is 16.4 Å². The van der Waals surface area contributed by atoms with Crippen LogP contribution in [-0.4, -0.2) is 65.3 Å². The summed E-state index contributed by atoms with van der Waals surface area (Å²) >= 11 is 0. The van der Waals surface area contributed by atoms with Crippen molar-refractivity contribution in [2.45, 2.75) is 49.8 Å². The largest absolute Gasteiger partial charge is 0.462 e. The monoisotopic (exact) mass is 387 g/mol. The van der Waals surface area contributed by atoms with E-state index in [0.717, 1.165) is 18.4 Å². The molecule has 1 aromatic carbocycles. The van der Waals surface area contributed by atoms with Crippen molar-refractivity contribution in [1.29, 1.82) is 0 Å². The lowest BCUT2D eigenvalue weighted by atomic mass is 9.98. The van der Waals surface area contributed by atoms with Crippen LogP contribution in [0, 0.1) is 0 Å². The summed E-state index contributed by atoms with van der Waals surface area (Å²) in [4.78, 5) is 14.8. The maximum atomic E-state index is 12.4. The Morgan fingerprint density at radius 2 is 1.69 bits per heavy atom. The molecule has 1 unspecified atom stereocenters. The summed E-state index contributed by atoms with van der Waals surface area (Å²) in [6, 6.07) is 10.5. The van der Waals surface area contributed by atoms with Crippen LogP contribution in [0.3, 0.4) is 0 Å². The highest BCUT2D eigenvalue weighted by Crippen LogP contribution is 2.36. The molecule has 3 N–H and O–H groups in total. The highest BCUT2D eigenvalue weighted by Gasteiger charge is 2.40. The second-order valence-electron chi connectivity index (χ2n) is 6.67. The summed E-state index contributed by atoms with van der Waals surface area (Å²) in [6.07, 6.45) is 4.26. The Kier molecular flexibility index (Phi) is 7.13. The number of fused-ring (bicyclic) bond motifs is 2. The van der Waals surface area contributed by atoms with E-state index in [-0.39, 0.29) is 18.7 Å². The van der Waals surface area contributed by atoms with E-state index in [0.29, 0.717) is 12.1 Å². The first-order chi connectivity index (χ1) is 12.2. The van der Waals surface area contributed by atoms with Crippen molar-refractivity contribution in [2.24, 2.45) is 0 Å². The van der Waals surface area contributed by atoms with E-state index in [1.54, 1.807) is 0 Å². The number of carbonyl (C=O) groups excluding carboxylic acids is 1. The summed E-state index contributed by atoms with van der Waals surface area (Å²) in [5.41, 5.74) is 0.820. The molecule has 0 saturated carbocycles. The molecule has 0 aliphatic carbocycles. The molecule has 2 aliphatic rings. The zero-order valence-corrected chi connectivity index (χ0v) is 15.4. The van der Waals surface area contributed by atoms with Crippen molar-refractivity contribution >= 4 is 16.4 Å². The first-order valence-electron chi connectivity index (χ1n) is 8.47. The number of benzene rings is 1. The van der Waals surface area contributed by atoms with Crippen LogP contribution in [0.2, 0.25) is 0 Å². The van der Waals surface area contributed by atoms with E-state index in [9.17, 15) is 9.90 Å². The quantitative estimate of drug-likeness (QED) is 0.521. The zero-order valence-electron chi connectivity index (χ0n) is 14.6. The molecule has 0 spiro atoms. The van der Waals surface area contributed by atoms with Crippen molar-refractivity contribution in [3.8, 4) is 0 Å². The van der Waals surface area contributed by atoms with Gasteiger partial charge in [-0.1, -0.05) is 30.3 Å². The summed E-state index contributed by atoms with van der Waals surface area (Å²) < 4.78 is 37.3. The molecule has 9 heteroatoms. The zero-order chi connectivity index (χ0) is 19.3. The number of nitrogens with zero attached hydrogens (tertiary/aromatic N) is 1. The second-order valence-corrected chi connectivity index (χ2v) is 7.57. The number of aliphatic hydroxyl groups excluding tert-OH is 1. The normalized spacial score (nSPS) is 26.5. The standard InChI is InChI=1S/C17H23NO3.H2O4S/c1-18-13-7-8-14(18)10-15(9-13)21-17(20)16(11-19)12-5-3-2-4-6-12;1-5(2,3)4/h2-6,13-16,19H,7-11H2,1H3;(H2,1,2,3,4)/t13-,14+,15?,16-;/m1./s1. The number of esters is 1. The molecule has 4 atom stereocenters. The van der Waals surface area contributed by atoms with Crippen molar-refractivity contribution in [1.82, 2.24) is 4.90 Å². The van der Waals surface area contributed by atoms with Crippen LogP contribution in [0.5, 0.6) is 0 Å². The highest BCUT2D eigenvalue weighted by atomic mass is 32.3. The number of piperidine rings is 1. The number of hydrogen-bond donors (Lipinski definition) is 3. The number of ether oxygens (including phenoxy) is 1. The van der Waals surface area contributed by atoms with Gasteiger partial charge in [0.2, 0.25) is 0 Å². The molecule has 146 valence electrons. The molecular formula is C17H25NO7S. The number of aliphatic hydroxyl groups is 1. The van der Waals surface area contributed by atoms with Gasteiger partial charge in [0.05, 0.1) is 6.61 Å². The Bertz CT molecular complexity index is 672. The summed E-state index contributed by atoms with van der Waals surface area (Å²) in [5, 5.41) is 9.53. The van der Waals surface area contributed by atoms with Crippen LogP contribution in [0.1, 0.15) is 37.2 Å². The summed E-state index contributed by atoms with van der Waals surface area (Å²) in [7, 11) is -2.50. The number of carbonyl (C=O) groups is 1. The Balaban J connectivity index is 0.000000431. The smallest absolute Gasteiger partial charge is 0.394 e.